The van der Waals surface area contributed by atoms with E-state index < -0.39 is 22.3 Å². The summed E-state index contributed by atoms with van der Waals surface area (Å²) in [7, 11) is 0. The SMILES string of the molecule is Cc1oc(C)c(C(Br)c2c(F)cc(F)cc2F)c1C. The van der Waals surface area contributed by atoms with Gasteiger partial charge < -0.3 is 4.42 Å². The topological polar surface area (TPSA) is 13.1 Å². The molecular weight excluding hydrogens is 321 g/mol. The van der Waals surface area contributed by atoms with Crippen molar-refractivity contribution in [2.45, 2.75) is 25.6 Å². The van der Waals surface area contributed by atoms with Crippen LogP contribution in [0.1, 0.15) is 33.0 Å². The highest BCUT2D eigenvalue weighted by molar-refractivity contribution is 9.09. The summed E-state index contributed by atoms with van der Waals surface area (Å²) < 4.78 is 45.9. The van der Waals surface area contributed by atoms with Gasteiger partial charge in [-0.2, -0.15) is 0 Å². The molecule has 0 bridgehead atoms. The Labute approximate surface area is 117 Å². The van der Waals surface area contributed by atoms with Crippen LogP contribution in [-0.2, 0) is 0 Å². The lowest BCUT2D eigenvalue weighted by molar-refractivity contribution is 0.498. The van der Waals surface area contributed by atoms with Crippen LogP contribution in [-0.4, -0.2) is 0 Å². The van der Waals surface area contributed by atoms with Gasteiger partial charge in [0, 0.05) is 23.3 Å². The van der Waals surface area contributed by atoms with E-state index in [4.69, 9.17) is 4.42 Å². The maximum atomic E-state index is 13.8. The fraction of sp³-hybridized carbons (Fsp3) is 0.286. The van der Waals surface area contributed by atoms with Crippen LogP contribution in [0.25, 0.3) is 0 Å². The molecule has 1 nitrogen and oxygen atoms in total. The molecular formula is C14H12BrF3O. The van der Waals surface area contributed by atoms with E-state index in [2.05, 4.69) is 15.9 Å². The van der Waals surface area contributed by atoms with E-state index in [-0.39, 0.29) is 5.56 Å². The highest BCUT2D eigenvalue weighted by atomic mass is 79.9. The summed E-state index contributed by atoms with van der Waals surface area (Å²) in [4.78, 5) is -0.717. The Morgan fingerprint density at radius 2 is 1.47 bits per heavy atom. The normalized spacial score (nSPS) is 12.8. The fourth-order valence-corrected chi connectivity index (χ4v) is 3.23. The summed E-state index contributed by atoms with van der Waals surface area (Å²) in [5, 5.41) is 0. The quantitative estimate of drug-likeness (QED) is 0.697. The van der Waals surface area contributed by atoms with Gasteiger partial charge in [-0.25, -0.2) is 13.2 Å². The van der Waals surface area contributed by atoms with Crippen molar-refractivity contribution in [2.75, 3.05) is 0 Å². The smallest absolute Gasteiger partial charge is 0.133 e. The molecule has 1 unspecified atom stereocenters. The Morgan fingerprint density at radius 1 is 0.947 bits per heavy atom. The fourth-order valence-electron chi connectivity index (χ4n) is 2.12. The largest absolute Gasteiger partial charge is 0.466 e. The van der Waals surface area contributed by atoms with Gasteiger partial charge in [0.25, 0.3) is 0 Å². The standard InChI is InChI=1S/C14H12BrF3O/c1-6-7(2)19-8(3)12(6)14(15)13-10(17)4-9(16)5-11(13)18/h4-5,14H,1-3H3. The van der Waals surface area contributed by atoms with Gasteiger partial charge in [0.1, 0.15) is 29.0 Å². The van der Waals surface area contributed by atoms with Gasteiger partial charge in [-0.05, 0) is 26.3 Å². The first kappa shape index (κ1) is 14.2. The second-order valence-electron chi connectivity index (χ2n) is 4.40. The predicted molar refractivity (Wildman–Crippen MR) is 70.0 cm³/mol. The van der Waals surface area contributed by atoms with E-state index in [1.54, 1.807) is 13.8 Å². The van der Waals surface area contributed by atoms with Gasteiger partial charge in [0.05, 0.1) is 4.83 Å². The minimum Gasteiger partial charge on any atom is -0.466 e. The van der Waals surface area contributed by atoms with Crippen molar-refractivity contribution in [1.82, 2.24) is 0 Å². The molecule has 0 saturated heterocycles. The Hall–Kier alpha value is -1.23. The molecule has 0 aliphatic rings. The predicted octanol–water partition coefficient (Wildman–Crippen LogP) is 5.11. The second-order valence-corrected chi connectivity index (χ2v) is 5.31. The molecule has 1 aromatic carbocycles. The highest BCUT2D eigenvalue weighted by Crippen LogP contribution is 2.39. The van der Waals surface area contributed by atoms with Crippen LogP contribution in [0.2, 0.25) is 0 Å². The molecule has 1 heterocycles. The van der Waals surface area contributed by atoms with Gasteiger partial charge in [-0.3, -0.25) is 0 Å². The van der Waals surface area contributed by atoms with E-state index in [9.17, 15) is 13.2 Å². The number of alkyl halides is 1. The molecule has 0 N–H and O–H groups in total. The maximum absolute atomic E-state index is 13.8. The van der Waals surface area contributed by atoms with E-state index in [0.717, 1.165) is 5.56 Å². The first-order chi connectivity index (χ1) is 8.82. The summed E-state index contributed by atoms with van der Waals surface area (Å²) in [5.74, 6) is -1.50. The molecule has 0 aliphatic heterocycles. The Bertz CT molecular complexity index is 611. The van der Waals surface area contributed by atoms with Crippen LogP contribution in [0.4, 0.5) is 13.2 Å². The van der Waals surface area contributed by atoms with Crippen LogP contribution in [0.3, 0.4) is 0 Å². The minimum atomic E-state index is -0.935. The number of furan rings is 1. The molecule has 0 saturated carbocycles. The average molecular weight is 333 g/mol. The van der Waals surface area contributed by atoms with Crippen LogP contribution in [0.5, 0.6) is 0 Å². The Balaban J connectivity index is 2.59. The molecule has 1 atom stereocenters. The zero-order valence-electron chi connectivity index (χ0n) is 10.7. The minimum absolute atomic E-state index is 0.214. The zero-order valence-corrected chi connectivity index (χ0v) is 12.2. The summed E-state index contributed by atoms with van der Waals surface area (Å²) >= 11 is 3.27. The molecule has 0 spiro atoms. The molecule has 102 valence electrons. The molecule has 0 radical (unpaired) electrons. The maximum Gasteiger partial charge on any atom is 0.133 e. The van der Waals surface area contributed by atoms with Gasteiger partial charge >= 0.3 is 0 Å². The van der Waals surface area contributed by atoms with Gasteiger partial charge in [0.2, 0.25) is 0 Å². The van der Waals surface area contributed by atoms with Crippen molar-refractivity contribution < 1.29 is 17.6 Å². The van der Waals surface area contributed by atoms with E-state index in [1.165, 1.54) is 0 Å². The number of aryl methyl sites for hydroxylation is 2. The lowest BCUT2D eigenvalue weighted by atomic mass is 10.00. The number of benzene rings is 1. The molecule has 19 heavy (non-hydrogen) atoms. The summed E-state index contributed by atoms with van der Waals surface area (Å²) in [6.07, 6.45) is 0. The first-order valence-corrected chi connectivity index (χ1v) is 6.59. The third-order valence-corrected chi connectivity index (χ3v) is 4.08. The van der Waals surface area contributed by atoms with E-state index in [0.29, 0.717) is 29.2 Å². The second kappa shape index (κ2) is 5.04. The third-order valence-electron chi connectivity index (χ3n) is 3.17. The van der Waals surface area contributed by atoms with Crippen LogP contribution >= 0.6 is 15.9 Å². The van der Waals surface area contributed by atoms with E-state index in [1.807, 2.05) is 6.92 Å². The molecule has 2 rings (SSSR count). The molecule has 2 aromatic rings. The van der Waals surface area contributed by atoms with Crippen molar-refractivity contribution >= 4 is 15.9 Å². The van der Waals surface area contributed by atoms with Crippen molar-refractivity contribution in [2.24, 2.45) is 0 Å². The van der Waals surface area contributed by atoms with Crippen LogP contribution < -0.4 is 0 Å². The number of hydrogen-bond donors (Lipinski definition) is 0. The third kappa shape index (κ3) is 2.43. The zero-order chi connectivity index (χ0) is 14.3. The number of rotatable bonds is 2. The monoisotopic (exact) mass is 332 g/mol. The first-order valence-electron chi connectivity index (χ1n) is 5.68. The summed E-state index contributed by atoms with van der Waals surface area (Å²) in [6.45, 7) is 5.32. The number of hydrogen-bond acceptors (Lipinski definition) is 1. The molecule has 0 fully saturated rings. The molecule has 0 amide bonds. The van der Waals surface area contributed by atoms with Gasteiger partial charge in [0.15, 0.2) is 0 Å². The van der Waals surface area contributed by atoms with Gasteiger partial charge in [-0.15, -0.1) is 0 Å². The van der Waals surface area contributed by atoms with E-state index >= 15 is 0 Å². The van der Waals surface area contributed by atoms with Crippen molar-refractivity contribution in [1.29, 1.82) is 0 Å². The Morgan fingerprint density at radius 3 is 1.89 bits per heavy atom. The van der Waals surface area contributed by atoms with Crippen molar-refractivity contribution in [3.8, 4) is 0 Å². The summed E-state index contributed by atoms with van der Waals surface area (Å²) in [6, 6.07) is 1.34. The van der Waals surface area contributed by atoms with Crippen molar-refractivity contribution in [3.05, 3.63) is 57.8 Å². The van der Waals surface area contributed by atoms with Crippen LogP contribution in [0, 0.1) is 38.2 Å². The number of halogens is 4. The molecule has 0 aliphatic carbocycles. The Kier molecular flexibility index (Phi) is 3.76. The van der Waals surface area contributed by atoms with Crippen LogP contribution in [0.15, 0.2) is 16.5 Å². The highest BCUT2D eigenvalue weighted by Gasteiger charge is 2.26. The molecule has 5 heteroatoms. The van der Waals surface area contributed by atoms with Gasteiger partial charge in [-0.1, -0.05) is 15.9 Å². The van der Waals surface area contributed by atoms with Crippen molar-refractivity contribution in [3.63, 3.8) is 0 Å². The lowest BCUT2D eigenvalue weighted by Gasteiger charge is -2.13. The summed E-state index contributed by atoms with van der Waals surface area (Å²) in [5.41, 5.74) is 1.28. The lowest BCUT2D eigenvalue weighted by Crippen LogP contribution is -2.03. The molecule has 1 aromatic heterocycles. The average Bonchev–Trinajstić information content (AvgIpc) is 2.51.